The Morgan fingerprint density at radius 2 is 1.41 bits per heavy atom. The molecule has 3 aromatic carbocycles. The number of piperidine rings is 1. The Labute approximate surface area is 191 Å². The van der Waals surface area contributed by atoms with Gasteiger partial charge in [0.1, 0.15) is 11.4 Å². The van der Waals surface area contributed by atoms with Gasteiger partial charge in [-0.2, -0.15) is 0 Å². The first-order valence-electron chi connectivity index (χ1n) is 11.7. The van der Waals surface area contributed by atoms with Crippen molar-refractivity contribution in [3.8, 4) is 5.75 Å². The predicted octanol–water partition coefficient (Wildman–Crippen LogP) is 4.56. The molecule has 1 saturated heterocycles. The fraction of sp³-hybridized carbons (Fsp3) is 0.357. The lowest BCUT2D eigenvalue weighted by Crippen LogP contribution is -2.44. The summed E-state index contributed by atoms with van der Waals surface area (Å²) in [6.07, 6.45) is 2.94. The van der Waals surface area contributed by atoms with Crippen LogP contribution in [0, 0.1) is 5.92 Å². The Bertz CT molecular complexity index is 897. The highest BCUT2D eigenvalue weighted by Crippen LogP contribution is 2.41. The van der Waals surface area contributed by atoms with Crippen LogP contribution in [0.5, 0.6) is 5.75 Å². The molecule has 1 aliphatic heterocycles. The van der Waals surface area contributed by atoms with Crippen molar-refractivity contribution in [2.45, 2.75) is 31.4 Å². The van der Waals surface area contributed by atoms with Crippen molar-refractivity contribution in [2.75, 3.05) is 26.2 Å². The van der Waals surface area contributed by atoms with Crippen LogP contribution in [0.2, 0.25) is 0 Å². The molecular weight excluding hydrogens is 396 g/mol. The summed E-state index contributed by atoms with van der Waals surface area (Å²) in [6.45, 7) is 4.28. The van der Waals surface area contributed by atoms with Crippen LogP contribution < -0.4 is 10.5 Å². The summed E-state index contributed by atoms with van der Waals surface area (Å²) in [4.78, 5) is 2.49. The lowest BCUT2D eigenvalue weighted by atomic mass is 9.72. The van der Waals surface area contributed by atoms with E-state index >= 15 is 0 Å². The third-order valence-electron chi connectivity index (χ3n) is 6.65. The van der Waals surface area contributed by atoms with Crippen molar-refractivity contribution in [2.24, 2.45) is 11.7 Å². The molecule has 0 bridgehead atoms. The van der Waals surface area contributed by atoms with Crippen molar-refractivity contribution in [1.82, 2.24) is 4.90 Å². The monoisotopic (exact) mass is 430 g/mol. The smallest absolute Gasteiger partial charge is 0.119 e. The van der Waals surface area contributed by atoms with Gasteiger partial charge in [0.2, 0.25) is 0 Å². The standard InChI is InChI=1S/C28H34N2O2/c29-22-23-12-14-27(15-13-23)32-21-7-18-30-19-16-26(17-20-30)28(31,24-8-3-1-4-9-24)25-10-5-2-6-11-25/h1-6,8-15,26,31H,7,16-22,29H2. The molecule has 1 heterocycles. The Morgan fingerprint density at radius 3 is 1.94 bits per heavy atom. The highest BCUT2D eigenvalue weighted by Gasteiger charge is 2.41. The molecule has 0 saturated carbocycles. The van der Waals surface area contributed by atoms with Crippen molar-refractivity contribution in [3.05, 3.63) is 102 Å². The average Bonchev–Trinajstić information content (AvgIpc) is 2.88. The van der Waals surface area contributed by atoms with Gasteiger partial charge in [0.15, 0.2) is 0 Å². The van der Waals surface area contributed by atoms with Gasteiger partial charge in [-0.15, -0.1) is 0 Å². The maximum absolute atomic E-state index is 12.0. The van der Waals surface area contributed by atoms with Crippen LogP contribution in [0.25, 0.3) is 0 Å². The molecule has 0 spiro atoms. The van der Waals surface area contributed by atoms with Crippen molar-refractivity contribution >= 4 is 0 Å². The fourth-order valence-corrected chi connectivity index (χ4v) is 4.80. The SMILES string of the molecule is NCc1ccc(OCCCN2CCC(C(O)(c3ccccc3)c3ccccc3)CC2)cc1. The van der Waals surface area contributed by atoms with E-state index in [9.17, 15) is 5.11 Å². The topological polar surface area (TPSA) is 58.7 Å². The van der Waals surface area contributed by atoms with E-state index in [2.05, 4.69) is 29.2 Å². The van der Waals surface area contributed by atoms with Crippen molar-refractivity contribution < 1.29 is 9.84 Å². The van der Waals surface area contributed by atoms with Gasteiger partial charge in [0, 0.05) is 13.1 Å². The molecular formula is C28H34N2O2. The van der Waals surface area contributed by atoms with Gasteiger partial charge in [-0.3, -0.25) is 0 Å². The Balaban J connectivity index is 1.31. The molecule has 0 atom stereocenters. The Morgan fingerprint density at radius 1 is 0.844 bits per heavy atom. The van der Waals surface area contributed by atoms with Crippen molar-refractivity contribution in [3.63, 3.8) is 0 Å². The molecule has 4 nitrogen and oxygen atoms in total. The van der Waals surface area contributed by atoms with E-state index in [4.69, 9.17) is 10.5 Å². The summed E-state index contributed by atoms with van der Waals surface area (Å²) in [5, 5.41) is 12.0. The molecule has 0 aliphatic carbocycles. The van der Waals surface area contributed by atoms with Gasteiger partial charge < -0.3 is 20.5 Å². The number of nitrogens with two attached hydrogens (primary N) is 1. The summed E-state index contributed by atoms with van der Waals surface area (Å²) in [6, 6.07) is 28.3. The molecule has 4 rings (SSSR count). The highest BCUT2D eigenvalue weighted by atomic mass is 16.5. The van der Waals surface area contributed by atoms with E-state index in [1.165, 1.54) is 0 Å². The first-order chi connectivity index (χ1) is 15.7. The van der Waals surface area contributed by atoms with E-state index in [1.54, 1.807) is 0 Å². The number of aliphatic hydroxyl groups is 1. The minimum absolute atomic E-state index is 0.195. The second-order valence-electron chi connectivity index (χ2n) is 8.66. The molecule has 4 heteroatoms. The van der Waals surface area contributed by atoms with Crippen LogP contribution >= 0.6 is 0 Å². The molecule has 1 fully saturated rings. The minimum atomic E-state index is -0.951. The van der Waals surface area contributed by atoms with Gasteiger partial charge in [-0.1, -0.05) is 72.8 Å². The number of hydrogen-bond acceptors (Lipinski definition) is 4. The van der Waals surface area contributed by atoms with E-state index in [0.717, 1.165) is 61.3 Å². The zero-order valence-corrected chi connectivity index (χ0v) is 18.7. The Hall–Kier alpha value is -2.66. The lowest BCUT2D eigenvalue weighted by Gasteiger charge is -2.42. The van der Waals surface area contributed by atoms with Crippen LogP contribution in [-0.2, 0) is 12.1 Å². The van der Waals surface area contributed by atoms with Crippen LogP contribution in [-0.4, -0.2) is 36.2 Å². The first kappa shape index (κ1) is 22.5. The summed E-state index contributed by atoms with van der Waals surface area (Å²) in [5.41, 5.74) is 7.78. The number of benzene rings is 3. The summed E-state index contributed by atoms with van der Waals surface area (Å²) in [7, 11) is 0. The summed E-state index contributed by atoms with van der Waals surface area (Å²) < 4.78 is 5.88. The molecule has 0 amide bonds. The van der Waals surface area contributed by atoms with Crippen LogP contribution in [0.15, 0.2) is 84.9 Å². The summed E-state index contributed by atoms with van der Waals surface area (Å²) in [5.74, 6) is 1.09. The molecule has 0 radical (unpaired) electrons. The molecule has 0 aromatic heterocycles. The second kappa shape index (κ2) is 10.8. The molecule has 32 heavy (non-hydrogen) atoms. The van der Waals surface area contributed by atoms with Crippen LogP contribution in [0.1, 0.15) is 36.0 Å². The fourth-order valence-electron chi connectivity index (χ4n) is 4.80. The lowest BCUT2D eigenvalue weighted by molar-refractivity contribution is -0.0146. The maximum atomic E-state index is 12.0. The third-order valence-corrected chi connectivity index (χ3v) is 6.65. The van der Waals surface area contributed by atoms with Crippen LogP contribution in [0.4, 0.5) is 0 Å². The van der Waals surface area contributed by atoms with Gasteiger partial charge in [0.25, 0.3) is 0 Å². The van der Waals surface area contributed by atoms with E-state index in [1.807, 2.05) is 60.7 Å². The number of rotatable bonds is 9. The Kier molecular flexibility index (Phi) is 7.59. The second-order valence-corrected chi connectivity index (χ2v) is 8.66. The van der Waals surface area contributed by atoms with Gasteiger partial charge >= 0.3 is 0 Å². The zero-order chi connectivity index (χ0) is 22.2. The predicted molar refractivity (Wildman–Crippen MR) is 129 cm³/mol. The summed E-state index contributed by atoms with van der Waals surface area (Å²) >= 11 is 0. The molecule has 3 N–H and O–H groups in total. The number of nitrogens with zero attached hydrogens (tertiary/aromatic N) is 1. The number of hydrogen-bond donors (Lipinski definition) is 2. The van der Waals surface area contributed by atoms with Gasteiger partial charge in [-0.05, 0) is 67.1 Å². The zero-order valence-electron chi connectivity index (χ0n) is 18.7. The normalized spacial score (nSPS) is 15.6. The molecule has 1 aliphatic rings. The van der Waals surface area contributed by atoms with E-state index in [-0.39, 0.29) is 5.92 Å². The average molecular weight is 431 g/mol. The number of likely N-dealkylation sites (tertiary alicyclic amines) is 1. The van der Waals surface area contributed by atoms with E-state index < -0.39 is 5.60 Å². The number of ether oxygens (including phenoxy) is 1. The minimum Gasteiger partial charge on any atom is -0.494 e. The molecule has 0 unspecified atom stereocenters. The van der Waals surface area contributed by atoms with Gasteiger partial charge in [-0.25, -0.2) is 0 Å². The molecule has 168 valence electrons. The van der Waals surface area contributed by atoms with Crippen LogP contribution in [0.3, 0.4) is 0 Å². The third kappa shape index (κ3) is 5.21. The first-order valence-corrected chi connectivity index (χ1v) is 11.7. The largest absolute Gasteiger partial charge is 0.494 e. The maximum Gasteiger partial charge on any atom is 0.119 e. The van der Waals surface area contributed by atoms with Crippen molar-refractivity contribution in [1.29, 1.82) is 0 Å². The quantitative estimate of drug-likeness (QED) is 0.489. The van der Waals surface area contributed by atoms with Gasteiger partial charge in [0.05, 0.1) is 6.61 Å². The van der Waals surface area contributed by atoms with E-state index in [0.29, 0.717) is 13.2 Å². The highest BCUT2D eigenvalue weighted by molar-refractivity contribution is 5.37. The molecule has 3 aromatic rings.